The Morgan fingerprint density at radius 3 is 2.70 bits per heavy atom. The molecule has 0 aromatic carbocycles. The number of carbonyl (C=O) groups is 1. The van der Waals surface area contributed by atoms with Crippen molar-refractivity contribution in [2.24, 2.45) is 0 Å². The van der Waals surface area contributed by atoms with Gasteiger partial charge in [0, 0.05) is 0 Å². The smallest absolute Gasteiger partial charge is 0.273 e. The van der Waals surface area contributed by atoms with Crippen molar-refractivity contribution in [2.75, 3.05) is 0 Å². The summed E-state index contributed by atoms with van der Waals surface area (Å²) in [7, 11) is 0. The molecule has 3 nitrogen and oxygen atoms in total. The molecular formula is C6H8N2OS. The first kappa shape index (κ1) is 7.21. The average Bonchev–Trinajstić information content (AvgIpc) is 2.13. The number of nitrogens with one attached hydrogen (secondary N) is 2. The topological polar surface area (TPSA) is 41.1 Å². The summed E-state index contributed by atoms with van der Waals surface area (Å²) in [5.74, 6) is -0.133. The first-order valence-corrected chi connectivity index (χ1v) is 3.47. The van der Waals surface area contributed by atoms with Crippen LogP contribution in [0, 0.1) is 0 Å². The molecule has 0 bridgehead atoms. The van der Waals surface area contributed by atoms with E-state index >= 15 is 0 Å². The number of hydrogen-bond acceptors (Lipinski definition) is 2. The predicted octanol–water partition coefficient (Wildman–Crippen LogP) is 0.285. The maximum Gasteiger partial charge on any atom is 0.273 e. The third-order valence-corrected chi connectivity index (χ3v) is 1.33. The van der Waals surface area contributed by atoms with Gasteiger partial charge in [-0.1, -0.05) is 13.0 Å². The molecule has 0 saturated carbocycles. The number of allylic oxidation sites excluding steroid dienone is 1. The van der Waals surface area contributed by atoms with Crippen LogP contribution in [0.4, 0.5) is 0 Å². The Kier molecular flexibility index (Phi) is 2.01. The highest BCUT2D eigenvalue weighted by atomic mass is 32.1. The van der Waals surface area contributed by atoms with E-state index in [-0.39, 0.29) is 5.91 Å². The number of hydrogen-bond donors (Lipinski definition) is 2. The zero-order valence-corrected chi connectivity index (χ0v) is 6.42. The lowest BCUT2D eigenvalue weighted by Crippen LogP contribution is -2.21. The molecule has 54 valence electrons. The van der Waals surface area contributed by atoms with Crippen molar-refractivity contribution in [1.82, 2.24) is 10.6 Å². The first-order chi connectivity index (χ1) is 4.74. The van der Waals surface area contributed by atoms with E-state index in [2.05, 4.69) is 10.6 Å². The molecule has 0 aromatic heterocycles. The fourth-order valence-corrected chi connectivity index (χ4v) is 0.931. The molecule has 4 heteroatoms. The summed E-state index contributed by atoms with van der Waals surface area (Å²) in [6.45, 7) is 1.96. The van der Waals surface area contributed by atoms with Gasteiger partial charge in [0.25, 0.3) is 5.91 Å². The quantitative estimate of drug-likeness (QED) is 0.423. The maximum absolute atomic E-state index is 10.8. The fraction of sp³-hybridized carbons (Fsp3) is 0.333. The number of carbonyl (C=O) groups excluding carboxylic acids is 1. The summed E-state index contributed by atoms with van der Waals surface area (Å²) in [5, 5.41) is 5.59. The zero-order chi connectivity index (χ0) is 7.56. The molecule has 1 amide bonds. The van der Waals surface area contributed by atoms with Crippen LogP contribution < -0.4 is 10.6 Å². The summed E-state index contributed by atoms with van der Waals surface area (Å²) < 4.78 is 0. The van der Waals surface area contributed by atoms with Crippen molar-refractivity contribution in [3.05, 3.63) is 11.8 Å². The number of rotatable bonds is 1. The maximum atomic E-state index is 10.8. The highest BCUT2D eigenvalue weighted by molar-refractivity contribution is 7.80. The van der Waals surface area contributed by atoms with Gasteiger partial charge < -0.3 is 5.32 Å². The Balaban J connectivity index is 2.72. The van der Waals surface area contributed by atoms with Crippen LogP contribution in [0.3, 0.4) is 0 Å². The van der Waals surface area contributed by atoms with E-state index < -0.39 is 0 Å². The first-order valence-electron chi connectivity index (χ1n) is 3.06. The third kappa shape index (κ3) is 1.33. The van der Waals surface area contributed by atoms with E-state index in [9.17, 15) is 4.79 Å². The molecule has 0 spiro atoms. The summed E-state index contributed by atoms with van der Waals surface area (Å²) in [5.41, 5.74) is 0.563. The molecule has 0 aliphatic carbocycles. The zero-order valence-electron chi connectivity index (χ0n) is 5.60. The molecule has 0 aromatic rings. The minimum absolute atomic E-state index is 0.133. The Bertz CT molecular complexity index is 210. The van der Waals surface area contributed by atoms with E-state index in [1.165, 1.54) is 0 Å². The van der Waals surface area contributed by atoms with Crippen LogP contribution in [0.25, 0.3) is 0 Å². The Morgan fingerprint density at radius 2 is 2.30 bits per heavy atom. The van der Waals surface area contributed by atoms with Crippen molar-refractivity contribution in [2.45, 2.75) is 13.3 Å². The summed E-state index contributed by atoms with van der Waals surface area (Å²) in [6, 6.07) is 0. The molecule has 10 heavy (non-hydrogen) atoms. The molecule has 1 fully saturated rings. The molecule has 0 radical (unpaired) electrons. The van der Waals surface area contributed by atoms with Crippen molar-refractivity contribution in [1.29, 1.82) is 0 Å². The van der Waals surface area contributed by atoms with Crippen LogP contribution in [0.5, 0.6) is 0 Å². The predicted molar refractivity (Wildman–Crippen MR) is 42.3 cm³/mol. The molecule has 1 saturated heterocycles. The highest BCUT2D eigenvalue weighted by Crippen LogP contribution is 1.98. The third-order valence-electron chi connectivity index (χ3n) is 1.13. The van der Waals surface area contributed by atoms with Gasteiger partial charge in [0.15, 0.2) is 5.11 Å². The second-order valence-corrected chi connectivity index (χ2v) is 2.34. The second kappa shape index (κ2) is 2.79. The Hall–Kier alpha value is -0.900. The van der Waals surface area contributed by atoms with Gasteiger partial charge in [0.2, 0.25) is 0 Å². The van der Waals surface area contributed by atoms with E-state index in [1.54, 1.807) is 6.08 Å². The normalized spacial score (nSPS) is 21.1. The monoisotopic (exact) mass is 156 g/mol. The van der Waals surface area contributed by atoms with Gasteiger partial charge in [-0.2, -0.15) is 0 Å². The Labute approximate surface area is 64.5 Å². The van der Waals surface area contributed by atoms with Gasteiger partial charge in [0.1, 0.15) is 5.70 Å². The molecular weight excluding hydrogens is 148 g/mol. The molecule has 1 aliphatic heterocycles. The average molecular weight is 156 g/mol. The van der Waals surface area contributed by atoms with Gasteiger partial charge >= 0.3 is 0 Å². The molecule has 0 atom stereocenters. The Morgan fingerprint density at radius 1 is 1.60 bits per heavy atom. The summed E-state index contributed by atoms with van der Waals surface area (Å²) in [6.07, 6.45) is 2.63. The lowest BCUT2D eigenvalue weighted by atomic mass is 10.3. The van der Waals surface area contributed by atoms with Crippen molar-refractivity contribution >= 4 is 23.2 Å². The van der Waals surface area contributed by atoms with Crippen LogP contribution in [0.15, 0.2) is 11.8 Å². The van der Waals surface area contributed by atoms with Gasteiger partial charge in [-0.3, -0.25) is 10.1 Å². The molecule has 1 aliphatic rings. The van der Waals surface area contributed by atoms with E-state index in [0.717, 1.165) is 6.42 Å². The molecule has 0 unspecified atom stereocenters. The van der Waals surface area contributed by atoms with E-state index in [4.69, 9.17) is 12.2 Å². The van der Waals surface area contributed by atoms with Crippen LogP contribution in [-0.2, 0) is 4.79 Å². The summed E-state index contributed by atoms with van der Waals surface area (Å²) in [4.78, 5) is 10.8. The second-order valence-electron chi connectivity index (χ2n) is 1.93. The van der Waals surface area contributed by atoms with Gasteiger partial charge in [-0.15, -0.1) is 0 Å². The summed E-state index contributed by atoms with van der Waals surface area (Å²) >= 11 is 4.70. The van der Waals surface area contributed by atoms with Crippen molar-refractivity contribution in [3.63, 3.8) is 0 Å². The standard InChI is InChI=1S/C6H8N2OS/c1-2-3-4-5(9)8-6(10)7-4/h3H,2H2,1H3,(H2,7,8,9,10)/b4-3+. The van der Waals surface area contributed by atoms with Crippen LogP contribution in [0.1, 0.15) is 13.3 Å². The van der Waals surface area contributed by atoms with Gasteiger partial charge in [0.05, 0.1) is 0 Å². The lowest BCUT2D eigenvalue weighted by Gasteiger charge is -1.89. The van der Waals surface area contributed by atoms with E-state index in [1.807, 2.05) is 6.92 Å². The highest BCUT2D eigenvalue weighted by Gasteiger charge is 2.18. The van der Waals surface area contributed by atoms with Gasteiger partial charge in [-0.25, -0.2) is 0 Å². The largest absolute Gasteiger partial charge is 0.328 e. The number of amides is 1. The van der Waals surface area contributed by atoms with Crippen LogP contribution in [-0.4, -0.2) is 11.0 Å². The molecule has 2 N–H and O–H groups in total. The van der Waals surface area contributed by atoms with Crippen molar-refractivity contribution in [3.8, 4) is 0 Å². The number of thiocarbonyl (C=S) groups is 1. The van der Waals surface area contributed by atoms with Crippen LogP contribution >= 0.6 is 12.2 Å². The minimum Gasteiger partial charge on any atom is -0.328 e. The van der Waals surface area contributed by atoms with Crippen molar-refractivity contribution < 1.29 is 4.79 Å². The molecule has 1 rings (SSSR count). The SMILES string of the molecule is CC/C=C1/NC(=S)NC1=O. The fourth-order valence-electron chi connectivity index (χ4n) is 0.729. The molecule has 1 heterocycles. The lowest BCUT2D eigenvalue weighted by molar-refractivity contribution is -0.115. The van der Waals surface area contributed by atoms with Crippen LogP contribution in [0.2, 0.25) is 0 Å². The van der Waals surface area contributed by atoms with E-state index in [0.29, 0.717) is 10.8 Å². The minimum atomic E-state index is -0.133. The van der Waals surface area contributed by atoms with Gasteiger partial charge in [-0.05, 0) is 18.6 Å².